The van der Waals surface area contributed by atoms with Gasteiger partial charge >= 0.3 is 0 Å². The lowest BCUT2D eigenvalue weighted by Crippen LogP contribution is -2.43. The predicted molar refractivity (Wildman–Crippen MR) is 111 cm³/mol. The van der Waals surface area contributed by atoms with Crippen molar-refractivity contribution in [3.05, 3.63) is 29.1 Å². The molecule has 0 bridgehead atoms. The van der Waals surface area contributed by atoms with Crippen LogP contribution in [0.15, 0.2) is 24.3 Å². The van der Waals surface area contributed by atoms with E-state index < -0.39 is 6.04 Å². The molecule has 1 amide bonds. The number of rotatable bonds is 6. The highest BCUT2D eigenvalue weighted by atomic mass is 35.5. The molecule has 1 aliphatic heterocycles. The van der Waals surface area contributed by atoms with E-state index in [1.54, 1.807) is 7.11 Å². The Morgan fingerprint density at radius 2 is 2.04 bits per heavy atom. The van der Waals surface area contributed by atoms with Crippen LogP contribution in [0.4, 0.5) is 5.13 Å². The number of aryl methyl sites for hydroxylation is 1. The summed E-state index contributed by atoms with van der Waals surface area (Å²) in [5, 5.41) is 3.50. The van der Waals surface area contributed by atoms with Gasteiger partial charge in [0.25, 0.3) is 0 Å². The number of halogens is 1. The maximum absolute atomic E-state index is 12.5. The molecule has 1 saturated heterocycles. The lowest BCUT2D eigenvalue weighted by Gasteiger charge is -2.26. The Bertz CT molecular complexity index is 745. The SMILES string of the molecule is CCc1sc(NC(=O)C(N)C2CCOCC2)nc1-c1ccc(OC)cc1.Cl. The Balaban J connectivity index is 0.00000261. The first-order valence-corrected chi connectivity index (χ1v) is 9.72. The Labute approximate surface area is 169 Å². The van der Waals surface area contributed by atoms with Crippen molar-refractivity contribution < 1.29 is 14.3 Å². The van der Waals surface area contributed by atoms with E-state index in [-0.39, 0.29) is 24.2 Å². The van der Waals surface area contributed by atoms with Gasteiger partial charge < -0.3 is 20.5 Å². The van der Waals surface area contributed by atoms with Crippen LogP contribution < -0.4 is 15.8 Å². The molecular formula is C19H26ClN3O3S. The standard InChI is InChI=1S/C19H25N3O3S.ClH/c1-3-15-17(13-4-6-14(24-2)7-5-13)21-19(26-15)22-18(23)16(20)12-8-10-25-11-9-12;/h4-7,12,16H,3,8-11,20H2,1-2H3,(H,21,22,23);1H. The summed E-state index contributed by atoms with van der Waals surface area (Å²) in [6, 6.07) is 7.25. The summed E-state index contributed by atoms with van der Waals surface area (Å²) in [5.74, 6) is 0.794. The van der Waals surface area contributed by atoms with Crippen molar-refractivity contribution in [1.29, 1.82) is 0 Å². The summed E-state index contributed by atoms with van der Waals surface area (Å²) >= 11 is 1.50. The molecule has 0 aliphatic carbocycles. The van der Waals surface area contributed by atoms with Gasteiger partial charge in [0.05, 0.1) is 18.8 Å². The van der Waals surface area contributed by atoms with Crippen molar-refractivity contribution in [2.45, 2.75) is 32.2 Å². The Hall–Kier alpha value is -1.67. The molecule has 6 nitrogen and oxygen atoms in total. The average Bonchev–Trinajstić information content (AvgIpc) is 3.10. The van der Waals surface area contributed by atoms with E-state index in [1.165, 1.54) is 11.3 Å². The smallest absolute Gasteiger partial charge is 0.243 e. The third-order valence-corrected chi connectivity index (χ3v) is 5.80. The second-order valence-electron chi connectivity index (χ2n) is 6.34. The van der Waals surface area contributed by atoms with Crippen LogP contribution in [0.3, 0.4) is 0 Å². The highest BCUT2D eigenvalue weighted by molar-refractivity contribution is 7.16. The molecule has 1 aromatic heterocycles. The van der Waals surface area contributed by atoms with Gasteiger partial charge in [-0.3, -0.25) is 4.79 Å². The van der Waals surface area contributed by atoms with Gasteiger partial charge in [0.15, 0.2) is 5.13 Å². The highest BCUT2D eigenvalue weighted by Crippen LogP contribution is 2.32. The van der Waals surface area contributed by atoms with Crippen LogP contribution in [0.5, 0.6) is 5.75 Å². The second kappa shape index (κ2) is 10.0. The lowest BCUT2D eigenvalue weighted by molar-refractivity contribution is -0.119. The van der Waals surface area contributed by atoms with E-state index >= 15 is 0 Å². The molecule has 27 heavy (non-hydrogen) atoms. The molecule has 0 spiro atoms. The third kappa shape index (κ3) is 5.19. The molecule has 1 unspecified atom stereocenters. The van der Waals surface area contributed by atoms with Crippen LogP contribution in [-0.4, -0.2) is 37.3 Å². The van der Waals surface area contributed by atoms with Crippen molar-refractivity contribution in [2.24, 2.45) is 11.7 Å². The molecular weight excluding hydrogens is 386 g/mol. The van der Waals surface area contributed by atoms with Crippen LogP contribution in [-0.2, 0) is 16.0 Å². The van der Waals surface area contributed by atoms with Crippen molar-refractivity contribution >= 4 is 34.8 Å². The fourth-order valence-electron chi connectivity index (χ4n) is 3.10. The summed E-state index contributed by atoms with van der Waals surface area (Å²) in [6.07, 6.45) is 2.49. The molecule has 1 atom stereocenters. The molecule has 3 N–H and O–H groups in total. The Morgan fingerprint density at radius 3 is 2.63 bits per heavy atom. The maximum atomic E-state index is 12.5. The molecule has 1 fully saturated rings. The fourth-order valence-corrected chi connectivity index (χ4v) is 4.02. The number of carbonyl (C=O) groups is 1. The number of nitrogens with two attached hydrogens (primary N) is 1. The summed E-state index contributed by atoms with van der Waals surface area (Å²) in [6.45, 7) is 3.43. The van der Waals surface area contributed by atoms with Gasteiger partial charge in [-0.05, 0) is 49.4 Å². The van der Waals surface area contributed by atoms with Crippen LogP contribution >= 0.6 is 23.7 Å². The lowest BCUT2D eigenvalue weighted by atomic mass is 9.92. The number of hydrogen-bond donors (Lipinski definition) is 2. The molecule has 1 aromatic carbocycles. The molecule has 2 aromatic rings. The van der Waals surface area contributed by atoms with Crippen LogP contribution in [0.25, 0.3) is 11.3 Å². The topological polar surface area (TPSA) is 86.5 Å². The van der Waals surface area contributed by atoms with Gasteiger partial charge in [-0.1, -0.05) is 6.92 Å². The van der Waals surface area contributed by atoms with Gasteiger partial charge in [-0.25, -0.2) is 4.98 Å². The first-order chi connectivity index (χ1) is 12.6. The molecule has 3 rings (SSSR count). The van der Waals surface area contributed by atoms with Crippen LogP contribution in [0.2, 0.25) is 0 Å². The predicted octanol–water partition coefficient (Wildman–Crippen LogP) is 3.50. The van der Waals surface area contributed by atoms with Gasteiger partial charge in [0, 0.05) is 23.7 Å². The summed E-state index contributed by atoms with van der Waals surface area (Å²) in [5.41, 5.74) is 8.06. The number of ether oxygens (including phenoxy) is 2. The first-order valence-electron chi connectivity index (χ1n) is 8.90. The normalized spacial score (nSPS) is 15.7. The van der Waals surface area contributed by atoms with E-state index in [0.717, 1.165) is 41.1 Å². The fraction of sp³-hybridized carbons (Fsp3) is 0.474. The third-order valence-electron chi connectivity index (χ3n) is 4.69. The van der Waals surface area contributed by atoms with Crippen molar-refractivity contribution in [2.75, 3.05) is 25.6 Å². The van der Waals surface area contributed by atoms with Gasteiger partial charge in [0.1, 0.15) is 5.75 Å². The number of methoxy groups -OCH3 is 1. The van der Waals surface area contributed by atoms with Crippen molar-refractivity contribution in [1.82, 2.24) is 4.98 Å². The van der Waals surface area contributed by atoms with Crippen LogP contribution in [0, 0.1) is 5.92 Å². The highest BCUT2D eigenvalue weighted by Gasteiger charge is 2.27. The number of hydrogen-bond acceptors (Lipinski definition) is 6. The summed E-state index contributed by atoms with van der Waals surface area (Å²) in [7, 11) is 1.64. The molecule has 1 aliphatic rings. The van der Waals surface area contributed by atoms with E-state index in [1.807, 2.05) is 24.3 Å². The molecule has 0 radical (unpaired) electrons. The van der Waals surface area contributed by atoms with Gasteiger partial charge in [0.2, 0.25) is 5.91 Å². The zero-order valence-electron chi connectivity index (χ0n) is 15.6. The van der Waals surface area contributed by atoms with E-state index in [4.69, 9.17) is 15.2 Å². The van der Waals surface area contributed by atoms with Gasteiger partial charge in [-0.15, -0.1) is 23.7 Å². The number of amides is 1. The van der Waals surface area contributed by atoms with E-state index in [9.17, 15) is 4.79 Å². The van der Waals surface area contributed by atoms with Crippen molar-refractivity contribution in [3.8, 4) is 17.0 Å². The number of nitrogens with zero attached hydrogens (tertiary/aromatic N) is 1. The zero-order valence-corrected chi connectivity index (χ0v) is 17.2. The summed E-state index contributed by atoms with van der Waals surface area (Å²) in [4.78, 5) is 18.3. The second-order valence-corrected chi connectivity index (χ2v) is 7.42. The van der Waals surface area contributed by atoms with Crippen molar-refractivity contribution in [3.63, 3.8) is 0 Å². The first kappa shape index (κ1) is 21.6. The number of benzene rings is 1. The minimum absolute atomic E-state index is 0. The number of carbonyl (C=O) groups excluding carboxylic acids is 1. The molecule has 2 heterocycles. The number of nitrogens with one attached hydrogen (secondary N) is 1. The summed E-state index contributed by atoms with van der Waals surface area (Å²) < 4.78 is 10.5. The van der Waals surface area contributed by atoms with Crippen LogP contribution in [0.1, 0.15) is 24.6 Å². The largest absolute Gasteiger partial charge is 0.497 e. The molecule has 148 valence electrons. The zero-order chi connectivity index (χ0) is 18.5. The number of aromatic nitrogens is 1. The molecule has 0 saturated carbocycles. The monoisotopic (exact) mass is 411 g/mol. The number of thiazole rings is 1. The number of anilines is 1. The molecule has 8 heteroatoms. The van der Waals surface area contributed by atoms with E-state index in [2.05, 4.69) is 17.2 Å². The quantitative estimate of drug-likeness (QED) is 0.759. The van der Waals surface area contributed by atoms with Gasteiger partial charge in [-0.2, -0.15) is 0 Å². The minimum Gasteiger partial charge on any atom is -0.497 e. The Kier molecular flexibility index (Phi) is 8.04. The van der Waals surface area contributed by atoms with E-state index in [0.29, 0.717) is 18.3 Å². The minimum atomic E-state index is -0.530. The maximum Gasteiger partial charge on any atom is 0.243 e. The average molecular weight is 412 g/mol. The Morgan fingerprint density at radius 1 is 1.37 bits per heavy atom.